The quantitative estimate of drug-likeness (QED) is 0.724. The third-order valence-electron chi connectivity index (χ3n) is 5.37. The molecule has 1 fully saturated rings. The predicted octanol–water partition coefficient (Wildman–Crippen LogP) is 4.37. The Hall–Kier alpha value is -2.66. The second kappa shape index (κ2) is 7.16. The molecule has 0 unspecified atom stereocenters. The zero-order valence-corrected chi connectivity index (χ0v) is 15.6. The third-order valence-corrected chi connectivity index (χ3v) is 5.37. The Bertz CT molecular complexity index is 986. The van der Waals surface area contributed by atoms with Crippen LogP contribution in [0.15, 0.2) is 40.8 Å². The molecule has 1 aliphatic heterocycles. The molecule has 0 saturated carbocycles. The van der Waals surface area contributed by atoms with Gasteiger partial charge in [0, 0.05) is 24.5 Å². The van der Waals surface area contributed by atoms with Crippen LogP contribution in [0.3, 0.4) is 0 Å². The lowest BCUT2D eigenvalue weighted by atomic mass is 9.87. The lowest BCUT2D eigenvalue weighted by Crippen LogP contribution is -2.28. The second-order valence-corrected chi connectivity index (χ2v) is 7.14. The van der Waals surface area contributed by atoms with E-state index in [9.17, 15) is 9.18 Å². The van der Waals surface area contributed by atoms with Crippen LogP contribution in [-0.2, 0) is 0 Å². The summed E-state index contributed by atoms with van der Waals surface area (Å²) >= 11 is 0. The van der Waals surface area contributed by atoms with Crippen molar-refractivity contribution in [3.63, 3.8) is 0 Å². The van der Waals surface area contributed by atoms with E-state index in [0.717, 1.165) is 31.3 Å². The second-order valence-electron chi connectivity index (χ2n) is 7.14. The summed E-state index contributed by atoms with van der Waals surface area (Å²) in [6.07, 6.45) is 2.29. The minimum Gasteiger partial charge on any atom is -0.455 e. The fourth-order valence-corrected chi connectivity index (χ4v) is 3.97. The van der Waals surface area contributed by atoms with E-state index in [1.54, 1.807) is 19.2 Å². The zero-order valence-electron chi connectivity index (χ0n) is 15.6. The maximum Gasteiger partial charge on any atom is 0.255 e. The van der Waals surface area contributed by atoms with E-state index in [1.165, 1.54) is 23.3 Å². The Kier molecular flexibility index (Phi) is 4.70. The molecule has 0 bridgehead atoms. The highest BCUT2D eigenvalue weighted by atomic mass is 19.1. The molecule has 0 radical (unpaired) electrons. The average Bonchev–Trinajstić information content (AvgIpc) is 3.06. The van der Waals surface area contributed by atoms with Crippen molar-refractivity contribution in [2.75, 3.05) is 20.1 Å². The van der Waals surface area contributed by atoms with Crippen LogP contribution in [0.2, 0.25) is 0 Å². The van der Waals surface area contributed by atoms with E-state index >= 15 is 0 Å². The first-order valence-corrected chi connectivity index (χ1v) is 9.34. The van der Waals surface area contributed by atoms with E-state index < -0.39 is 0 Å². The Balaban J connectivity index is 1.91. The number of amides is 1. The number of piperidine rings is 1. The fourth-order valence-electron chi connectivity index (χ4n) is 3.97. The normalized spacial score (nSPS) is 17.2. The summed E-state index contributed by atoms with van der Waals surface area (Å²) in [5.74, 6) is 0.386. The summed E-state index contributed by atoms with van der Waals surface area (Å²) in [6.45, 7) is 4.09. The van der Waals surface area contributed by atoms with Gasteiger partial charge in [0.1, 0.15) is 17.2 Å². The van der Waals surface area contributed by atoms with Gasteiger partial charge in [0.15, 0.2) is 0 Å². The van der Waals surface area contributed by atoms with Crippen LogP contribution in [0, 0.1) is 12.7 Å². The zero-order chi connectivity index (χ0) is 19.0. The van der Waals surface area contributed by atoms with Gasteiger partial charge in [-0.25, -0.2) is 4.39 Å². The average molecular weight is 366 g/mol. The molecular formula is C22H23FN2O2. The van der Waals surface area contributed by atoms with Crippen molar-refractivity contribution in [2.24, 2.45) is 0 Å². The number of halogens is 1. The minimum atomic E-state index is -0.320. The van der Waals surface area contributed by atoms with E-state index in [1.807, 2.05) is 6.07 Å². The van der Waals surface area contributed by atoms with Gasteiger partial charge in [0.05, 0.1) is 5.56 Å². The number of carbonyl (C=O) groups is 1. The number of furan rings is 1. The van der Waals surface area contributed by atoms with Crippen molar-refractivity contribution in [2.45, 2.75) is 25.7 Å². The van der Waals surface area contributed by atoms with Gasteiger partial charge in [-0.15, -0.1) is 0 Å². The van der Waals surface area contributed by atoms with Crippen LogP contribution < -0.4 is 10.6 Å². The number of rotatable bonds is 3. The van der Waals surface area contributed by atoms with Crippen LogP contribution in [0.1, 0.15) is 40.2 Å². The van der Waals surface area contributed by atoms with Crippen molar-refractivity contribution in [3.05, 3.63) is 58.9 Å². The van der Waals surface area contributed by atoms with Gasteiger partial charge in [0.2, 0.25) is 0 Å². The van der Waals surface area contributed by atoms with Gasteiger partial charge >= 0.3 is 0 Å². The molecule has 0 spiro atoms. The molecule has 1 aromatic heterocycles. The maximum atomic E-state index is 13.3. The van der Waals surface area contributed by atoms with Crippen LogP contribution in [-0.4, -0.2) is 26.0 Å². The number of benzene rings is 2. The van der Waals surface area contributed by atoms with Gasteiger partial charge in [0.25, 0.3) is 5.91 Å². The number of nitrogens with one attached hydrogen (secondary N) is 2. The van der Waals surface area contributed by atoms with Crippen LogP contribution >= 0.6 is 0 Å². The number of hydrogen-bond acceptors (Lipinski definition) is 3. The van der Waals surface area contributed by atoms with Crippen molar-refractivity contribution >= 4 is 16.9 Å². The predicted molar refractivity (Wildman–Crippen MR) is 105 cm³/mol. The maximum absolute atomic E-state index is 13.3. The van der Waals surface area contributed by atoms with E-state index in [2.05, 4.69) is 23.6 Å². The van der Waals surface area contributed by atoms with E-state index in [-0.39, 0.29) is 11.7 Å². The molecule has 2 N–H and O–H groups in total. The monoisotopic (exact) mass is 366 g/mol. The number of fused-ring (bicyclic) bond motifs is 1. The van der Waals surface area contributed by atoms with Gasteiger partial charge in [-0.05, 0) is 79.8 Å². The first kappa shape index (κ1) is 17.7. The van der Waals surface area contributed by atoms with Crippen LogP contribution in [0.25, 0.3) is 22.3 Å². The smallest absolute Gasteiger partial charge is 0.255 e. The van der Waals surface area contributed by atoms with E-state index in [0.29, 0.717) is 28.4 Å². The molecule has 0 aliphatic carbocycles. The standard InChI is InChI=1S/C22H23FN2O2/c1-13-10-19-18(11-17(13)15-4-3-9-25-12-15)20(22(26)24-2)21(27-19)14-5-7-16(23)8-6-14/h5-8,10-11,15,25H,3-4,9,12H2,1-2H3,(H,24,26)/t15-/m1/s1. The lowest BCUT2D eigenvalue weighted by molar-refractivity contribution is 0.0964. The minimum absolute atomic E-state index is 0.204. The summed E-state index contributed by atoms with van der Waals surface area (Å²) in [5, 5.41) is 6.97. The Labute approximate surface area is 157 Å². The molecule has 4 rings (SSSR count). The first-order chi connectivity index (χ1) is 13.1. The van der Waals surface area contributed by atoms with Crippen molar-refractivity contribution in [1.82, 2.24) is 10.6 Å². The molecule has 1 aliphatic rings. The van der Waals surface area contributed by atoms with Crippen LogP contribution in [0.5, 0.6) is 0 Å². The van der Waals surface area contributed by atoms with Gasteiger partial charge < -0.3 is 15.1 Å². The van der Waals surface area contributed by atoms with Gasteiger partial charge in [-0.2, -0.15) is 0 Å². The summed E-state index contributed by atoms with van der Waals surface area (Å²) < 4.78 is 19.4. The molecule has 27 heavy (non-hydrogen) atoms. The molecule has 5 heteroatoms. The summed E-state index contributed by atoms with van der Waals surface area (Å²) in [7, 11) is 1.61. The lowest BCUT2D eigenvalue weighted by Gasteiger charge is -2.24. The highest BCUT2D eigenvalue weighted by Crippen LogP contribution is 2.37. The molecular weight excluding hydrogens is 343 g/mol. The number of hydrogen-bond donors (Lipinski definition) is 2. The molecule has 140 valence electrons. The topological polar surface area (TPSA) is 54.3 Å². The molecule has 2 aromatic carbocycles. The molecule has 2 heterocycles. The van der Waals surface area contributed by atoms with Gasteiger partial charge in [-0.1, -0.05) is 0 Å². The van der Waals surface area contributed by atoms with Crippen LogP contribution in [0.4, 0.5) is 4.39 Å². The van der Waals surface area contributed by atoms with Crippen molar-refractivity contribution in [3.8, 4) is 11.3 Å². The summed E-state index contributed by atoms with van der Waals surface area (Å²) in [4.78, 5) is 12.7. The molecule has 4 nitrogen and oxygen atoms in total. The summed E-state index contributed by atoms with van der Waals surface area (Å²) in [5.41, 5.74) is 4.29. The molecule has 1 amide bonds. The Morgan fingerprint density at radius 3 is 2.70 bits per heavy atom. The number of carbonyl (C=O) groups excluding carboxylic acids is 1. The fraction of sp³-hybridized carbons (Fsp3) is 0.318. The Morgan fingerprint density at radius 1 is 1.26 bits per heavy atom. The highest BCUT2D eigenvalue weighted by Gasteiger charge is 2.24. The largest absolute Gasteiger partial charge is 0.455 e. The molecule has 1 atom stereocenters. The summed E-state index contributed by atoms with van der Waals surface area (Å²) in [6, 6.07) is 10.1. The first-order valence-electron chi connectivity index (χ1n) is 9.34. The van der Waals surface area contributed by atoms with Crippen molar-refractivity contribution < 1.29 is 13.6 Å². The van der Waals surface area contributed by atoms with Gasteiger partial charge in [-0.3, -0.25) is 4.79 Å². The number of aryl methyl sites for hydroxylation is 1. The Morgan fingerprint density at radius 2 is 2.04 bits per heavy atom. The third kappa shape index (κ3) is 3.23. The van der Waals surface area contributed by atoms with E-state index in [4.69, 9.17) is 4.42 Å². The highest BCUT2D eigenvalue weighted by molar-refractivity contribution is 6.11. The molecule has 1 saturated heterocycles. The van der Waals surface area contributed by atoms with Crippen molar-refractivity contribution in [1.29, 1.82) is 0 Å². The SMILES string of the molecule is CNC(=O)c1c(-c2ccc(F)cc2)oc2cc(C)c([C@@H]3CCCNC3)cc12. The molecule has 3 aromatic rings.